The number of aliphatic hydroxyl groups is 1. The smallest absolute Gasteiger partial charge is 0.390 e. The molecule has 0 aromatic heterocycles. The van der Waals surface area contributed by atoms with Crippen molar-refractivity contribution in [1.29, 1.82) is 0 Å². The number of nitrogens with one attached hydrogen (secondary N) is 4. The summed E-state index contributed by atoms with van der Waals surface area (Å²) >= 11 is 0. The van der Waals surface area contributed by atoms with Gasteiger partial charge in [0.05, 0.1) is 12.6 Å². The molecule has 1 rings (SSSR count). The number of rotatable bonds is 15. The van der Waals surface area contributed by atoms with Gasteiger partial charge in [-0.05, 0) is 101 Å². The molecular weight excluding hydrogens is 1190 g/mol. The summed E-state index contributed by atoms with van der Waals surface area (Å²) in [6.07, 6.45) is 3.04. The first-order valence-corrected chi connectivity index (χ1v) is 32.7. The van der Waals surface area contributed by atoms with Crippen molar-refractivity contribution in [3.63, 3.8) is 0 Å². The Kier molecular flexibility index (Phi) is 35.3. The van der Waals surface area contributed by atoms with E-state index in [1.54, 1.807) is 54.5 Å². The molecule has 28 heteroatoms. The first-order chi connectivity index (χ1) is 41.2. The molecule has 7 N–H and O–H groups in total. The summed E-state index contributed by atoms with van der Waals surface area (Å²) in [6.45, 7) is 29.3. The number of hydrogen-bond donors (Lipinski definition) is 7. The van der Waals surface area contributed by atoms with Crippen molar-refractivity contribution in [1.82, 2.24) is 55.6 Å². The van der Waals surface area contributed by atoms with Gasteiger partial charge in [-0.3, -0.25) is 61.8 Å². The number of carbonyl (C=O) groups is 11. The maximum Gasteiger partial charge on any atom is 0.394 e. The lowest BCUT2D eigenvalue weighted by Crippen LogP contribution is -2.63. The van der Waals surface area contributed by atoms with Crippen LogP contribution in [0.5, 0.6) is 0 Å². The molecule has 1 fully saturated rings. The number of aliphatic hydroxyl groups excluding tert-OH is 1. The molecule has 0 aromatic carbocycles. The first-order valence-electron chi connectivity index (χ1n) is 31.3. The second-order valence-corrected chi connectivity index (χ2v) is 27.4. The molecule has 1 saturated heterocycles. The summed E-state index contributed by atoms with van der Waals surface area (Å²) in [5.41, 5.74) is 0. The molecule has 0 aliphatic carbocycles. The molecule has 1 aliphatic rings. The minimum atomic E-state index is -4.67. The minimum Gasteiger partial charge on any atom is -0.390 e. The highest BCUT2D eigenvalue weighted by Gasteiger charge is 2.45. The van der Waals surface area contributed by atoms with Crippen molar-refractivity contribution in [2.75, 3.05) is 55.9 Å². The second kappa shape index (κ2) is 37.9. The quantitative estimate of drug-likeness (QED) is 0.0915. The highest BCUT2D eigenvalue weighted by molar-refractivity contribution is 7.79. The van der Waals surface area contributed by atoms with Crippen molar-refractivity contribution >= 4 is 75.4 Å². The van der Waals surface area contributed by atoms with Gasteiger partial charge in [0.2, 0.25) is 65.0 Å². The molecule has 0 saturated carbocycles. The SMILES string of the molecule is C/C=C/CC(C)C(O)[C@H]1C(=O)N[C@@H](CC)C(=O)N(C)CC(=O)N(C)[C@@H](CC(C)C)C(=O)N[C@@H](C(C)C)C(=O)N(C)[C@@H](CC(C)C)C(=O)N[C@@H](C)C(=O)N[C@H](C)C(=O)N(C)[C@@H](CC(C)C)C(=O)N(C)[C@@H](CC(C)C)C(=O)N(C)[C@@H](C(C)C)C(=O)N1C.O=S(=O)(O)O. The van der Waals surface area contributed by atoms with E-state index in [0.29, 0.717) is 6.42 Å². The van der Waals surface area contributed by atoms with Gasteiger partial charge in [0.15, 0.2) is 0 Å². The lowest BCUT2D eigenvalue weighted by Gasteiger charge is -2.41. The molecule has 0 bridgehead atoms. The van der Waals surface area contributed by atoms with E-state index in [-0.39, 0.29) is 55.8 Å². The van der Waals surface area contributed by atoms with Crippen molar-refractivity contribution in [2.45, 2.75) is 223 Å². The number of nitrogens with zero attached hydrogens (tertiary/aromatic N) is 7. The maximum absolute atomic E-state index is 15.1. The summed E-state index contributed by atoms with van der Waals surface area (Å²) in [7, 11) is 5.25. The molecule has 2 unspecified atom stereocenters. The number of carbonyl (C=O) groups excluding carboxylic acids is 11. The van der Waals surface area contributed by atoms with Gasteiger partial charge < -0.3 is 60.7 Å². The second-order valence-electron chi connectivity index (χ2n) is 26.5. The van der Waals surface area contributed by atoms with Gasteiger partial charge >= 0.3 is 10.4 Å². The van der Waals surface area contributed by atoms with E-state index in [9.17, 15) is 48.3 Å². The summed E-state index contributed by atoms with van der Waals surface area (Å²) in [6, 6.07) is -12.3. The number of amides is 11. The van der Waals surface area contributed by atoms with Crippen LogP contribution in [0.4, 0.5) is 0 Å². The Morgan fingerprint density at radius 1 is 0.478 bits per heavy atom. The van der Waals surface area contributed by atoms with E-state index in [0.717, 1.165) is 9.80 Å². The standard InChI is InChI=1S/C62H111N11O12.H2O4S/c1-25-27-28-40(15)52(75)51-56(79)65-43(26-2)58(81)67(18)33-48(74)68(19)44(29-34(3)4)55(78)66-49(38(11)12)61(84)69(20)45(30-35(5)6)54(77)63-41(16)53(76)64-42(17)57(80)70(21)46(31-36(7)8)59(82)71(22)47(32-37(9)10)60(83)72(23)50(39(13)14)62(85)73(51)24;1-5(2,3)4/h25,27,34-47,49-52,75H,26,28-33H2,1-24H3,(H,63,77)(H,64,76)(H,65,79)(H,66,78);(H2,1,2,3,4)/b27-25+;/t40?,41-,42+,43-,44-,45-,46-,47-,49-,50-,51-,52?;/m0./s1. The van der Waals surface area contributed by atoms with Crippen LogP contribution < -0.4 is 21.3 Å². The topological polar surface area (TPSA) is 353 Å². The lowest BCUT2D eigenvalue weighted by molar-refractivity contribution is -0.157. The molecule has 1 aliphatic heterocycles. The van der Waals surface area contributed by atoms with Crippen molar-refractivity contribution in [3.05, 3.63) is 12.2 Å². The predicted octanol–water partition coefficient (Wildman–Crippen LogP) is 2.62. The Bertz CT molecular complexity index is 2570. The van der Waals surface area contributed by atoms with Crippen LogP contribution in [0.25, 0.3) is 0 Å². The monoisotopic (exact) mass is 1300 g/mol. The average Bonchev–Trinajstić information content (AvgIpc) is 1.02. The average molecular weight is 1300 g/mol. The van der Waals surface area contributed by atoms with E-state index in [1.165, 1.54) is 87.7 Å². The Morgan fingerprint density at radius 2 is 0.867 bits per heavy atom. The zero-order chi connectivity index (χ0) is 70.5. The van der Waals surface area contributed by atoms with Gasteiger partial charge in [-0.15, -0.1) is 0 Å². The van der Waals surface area contributed by atoms with E-state index in [1.807, 2.05) is 61.5 Å². The van der Waals surface area contributed by atoms with Gasteiger partial charge in [-0.25, -0.2) is 0 Å². The Labute approximate surface area is 536 Å². The summed E-state index contributed by atoms with van der Waals surface area (Å²) in [5, 5.41) is 23.1. The fraction of sp³-hybridized carbons (Fsp3) is 0.790. The number of allylic oxidation sites excluding steroid dienone is 2. The van der Waals surface area contributed by atoms with Crippen LogP contribution in [-0.4, -0.2) is 244 Å². The van der Waals surface area contributed by atoms with Gasteiger partial charge in [0.1, 0.15) is 60.4 Å². The molecule has 11 amide bonds. The predicted molar refractivity (Wildman–Crippen MR) is 343 cm³/mol. The Balaban J connectivity index is 0.0000152. The van der Waals surface area contributed by atoms with Crippen LogP contribution >= 0.6 is 0 Å². The van der Waals surface area contributed by atoms with Gasteiger partial charge in [0.25, 0.3) is 0 Å². The number of likely N-dealkylation sites (N-methyl/N-ethyl adjacent to an activating group) is 7. The zero-order valence-electron chi connectivity index (χ0n) is 58.2. The molecule has 0 radical (unpaired) electrons. The third-order valence-electron chi connectivity index (χ3n) is 16.1. The van der Waals surface area contributed by atoms with Crippen LogP contribution in [0.15, 0.2) is 12.2 Å². The summed E-state index contributed by atoms with van der Waals surface area (Å²) < 4.78 is 31.6. The van der Waals surface area contributed by atoms with Crippen LogP contribution in [0, 0.1) is 41.4 Å². The van der Waals surface area contributed by atoms with E-state index in [4.69, 9.17) is 17.5 Å². The largest absolute Gasteiger partial charge is 0.394 e. The van der Waals surface area contributed by atoms with Crippen molar-refractivity contribution in [2.24, 2.45) is 41.4 Å². The normalized spacial score (nSPS) is 26.1. The molecule has 518 valence electrons. The molecule has 27 nitrogen and oxygen atoms in total. The maximum atomic E-state index is 15.1. The molecule has 0 spiro atoms. The van der Waals surface area contributed by atoms with Crippen LogP contribution in [0.3, 0.4) is 0 Å². The molecule has 12 atom stereocenters. The van der Waals surface area contributed by atoms with E-state index in [2.05, 4.69) is 21.3 Å². The van der Waals surface area contributed by atoms with E-state index >= 15 is 9.59 Å². The van der Waals surface area contributed by atoms with Crippen LogP contribution in [-0.2, 0) is 63.1 Å². The molecular formula is C62H113N11O16S. The van der Waals surface area contributed by atoms with Crippen molar-refractivity contribution < 1.29 is 75.4 Å². The van der Waals surface area contributed by atoms with Gasteiger partial charge in [-0.2, -0.15) is 8.42 Å². The third kappa shape index (κ3) is 25.8. The molecule has 1 heterocycles. The number of hydrogen-bond acceptors (Lipinski definition) is 14. The zero-order valence-corrected chi connectivity index (χ0v) is 59.0. The van der Waals surface area contributed by atoms with Gasteiger partial charge in [-0.1, -0.05) is 109 Å². The van der Waals surface area contributed by atoms with Crippen LogP contribution in [0.2, 0.25) is 0 Å². The first kappa shape index (κ1) is 83.7. The fourth-order valence-corrected chi connectivity index (χ4v) is 10.7. The molecule has 0 aromatic rings. The summed E-state index contributed by atoms with van der Waals surface area (Å²) in [5.74, 6) is -9.71. The Hall–Kier alpha value is -6.26. The minimum absolute atomic E-state index is 0.0229. The van der Waals surface area contributed by atoms with Crippen LogP contribution in [0.1, 0.15) is 156 Å². The highest BCUT2D eigenvalue weighted by atomic mass is 32.3. The fourth-order valence-electron chi connectivity index (χ4n) is 10.7. The van der Waals surface area contributed by atoms with Crippen molar-refractivity contribution in [3.8, 4) is 0 Å². The molecule has 90 heavy (non-hydrogen) atoms. The third-order valence-corrected chi connectivity index (χ3v) is 16.1. The summed E-state index contributed by atoms with van der Waals surface area (Å²) in [4.78, 5) is 169. The highest BCUT2D eigenvalue weighted by Crippen LogP contribution is 2.26. The lowest BCUT2D eigenvalue weighted by atomic mass is 9.91. The van der Waals surface area contributed by atoms with Gasteiger partial charge in [0, 0.05) is 49.3 Å². The van der Waals surface area contributed by atoms with E-state index < -0.39 is 166 Å². The Morgan fingerprint density at radius 3 is 1.29 bits per heavy atom.